The molecule has 3 aromatic rings. The van der Waals surface area contributed by atoms with Gasteiger partial charge in [0, 0.05) is 43.6 Å². The number of H-pyrrole nitrogens is 1. The van der Waals surface area contributed by atoms with Gasteiger partial charge in [-0.3, -0.25) is 9.69 Å². The number of aromatic amines is 1. The van der Waals surface area contributed by atoms with Crippen LogP contribution in [0.1, 0.15) is 28.0 Å². The lowest BCUT2D eigenvalue weighted by Gasteiger charge is -2.21. The highest BCUT2D eigenvalue weighted by Gasteiger charge is 2.21. The molecule has 5 nitrogen and oxygen atoms in total. The van der Waals surface area contributed by atoms with Gasteiger partial charge in [0.05, 0.1) is 7.11 Å². The Balaban J connectivity index is 1.40. The van der Waals surface area contributed by atoms with E-state index in [4.69, 9.17) is 4.74 Å². The predicted octanol–water partition coefficient (Wildman–Crippen LogP) is 3.83. The first-order valence-electron chi connectivity index (χ1n) is 9.86. The molecule has 1 fully saturated rings. The van der Waals surface area contributed by atoms with Gasteiger partial charge in [0.25, 0.3) is 5.91 Å². The van der Waals surface area contributed by atoms with E-state index in [9.17, 15) is 4.79 Å². The molecule has 0 unspecified atom stereocenters. The van der Waals surface area contributed by atoms with E-state index in [1.807, 2.05) is 23.1 Å². The first-order valence-corrected chi connectivity index (χ1v) is 9.86. The summed E-state index contributed by atoms with van der Waals surface area (Å²) in [7, 11) is 1.68. The second kappa shape index (κ2) is 8.07. The third-order valence-corrected chi connectivity index (χ3v) is 5.45. The van der Waals surface area contributed by atoms with Gasteiger partial charge in [-0.15, -0.1) is 0 Å². The number of hydrogen-bond acceptors (Lipinski definition) is 3. The molecule has 0 spiro atoms. The van der Waals surface area contributed by atoms with Crippen molar-refractivity contribution >= 4 is 16.8 Å². The van der Waals surface area contributed by atoms with Crippen molar-refractivity contribution in [2.75, 3.05) is 33.3 Å². The van der Waals surface area contributed by atoms with E-state index in [1.165, 1.54) is 11.1 Å². The summed E-state index contributed by atoms with van der Waals surface area (Å²) in [6, 6.07) is 16.4. The fourth-order valence-electron chi connectivity index (χ4n) is 3.85. The zero-order valence-corrected chi connectivity index (χ0v) is 16.6. The SMILES string of the molecule is COc1ccc(CN2CCCN(C(=O)c3cc4ccc(C)cc4[nH]3)CC2)cc1. The van der Waals surface area contributed by atoms with Crippen molar-refractivity contribution in [3.8, 4) is 5.75 Å². The van der Waals surface area contributed by atoms with Crippen molar-refractivity contribution in [1.29, 1.82) is 0 Å². The summed E-state index contributed by atoms with van der Waals surface area (Å²) in [6.45, 7) is 6.40. The van der Waals surface area contributed by atoms with E-state index in [-0.39, 0.29) is 5.91 Å². The van der Waals surface area contributed by atoms with Crippen LogP contribution in [0.4, 0.5) is 0 Å². The van der Waals surface area contributed by atoms with Crippen molar-refractivity contribution in [2.45, 2.75) is 19.9 Å². The highest BCUT2D eigenvalue weighted by Crippen LogP contribution is 2.19. The van der Waals surface area contributed by atoms with Gasteiger partial charge in [-0.2, -0.15) is 0 Å². The average molecular weight is 377 g/mol. The smallest absolute Gasteiger partial charge is 0.270 e. The fourth-order valence-corrected chi connectivity index (χ4v) is 3.85. The first kappa shape index (κ1) is 18.6. The number of carbonyl (C=O) groups is 1. The summed E-state index contributed by atoms with van der Waals surface area (Å²) >= 11 is 0. The summed E-state index contributed by atoms with van der Waals surface area (Å²) in [6.07, 6.45) is 0.987. The molecule has 0 aliphatic carbocycles. The lowest BCUT2D eigenvalue weighted by Crippen LogP contribution is -2.35. The van der Waals surface area contributed by atoms with Crippen molar-refractivity contribution in [3.05, 3.63) is 65.4 Å². The molecular formula is C23H27N3O2. The zero-order chi connectivity index (χ0) is 19.5. The number of benzene rings is 2. The molecule has 146 valence electrons. The van der Waals surface area contributed by atoms with Crippen molar-refractivity contribution in [1.82, 2.24) is 14.8 Å². The van der Waals surface area contributed by atoms with Gasteiger partial charge in [-0.1, -0.05) is 24.3 Å². The Labute approximate surface area is 165 Å². The number of carbonyl (C=O) groups excluding carboxylic acids is 1. The number of rotatable bonds is 4. The van der Waals surface area contributed by atoms with Gasteiger partial charge < -0.3 is 14.6 Å². The number of nitrogens with zero attached hydrogens (tertiary/aromatic N) is 2. The highest BCUT2D eigenvalue weighted by molar-refractivity contribution is 5.98. The van der Waals surface area contributed by atoms with Crippen LogP contribution in [0, 0.1) is 6.92 Å². The standard InChI is InChI=1S/C23H27N3O2/c1-17-4-7-19-15-22(24-21(19)14-17)23(27)26-11-3-10-25(12-13-26)16-18-5-8-20(28-2)9-6-18/h4-9,14-15,24H,3,10-13,16H2,1-2H3. The van der Waals surface area contributed by atoms with Gasteiger partial charge in [-0.05, 0) is 48.7 Å². The highest BCUT2D eigenvalue weighted by atomic mass is 16.5. The van der Waals surface area contributed by atoms with E-state index >= 15 is 0 Å². The molecule has 0 radical (unpaired) electrons. The van der Waals surface area contributed by atoms with Crippen LogP contribution in [0.15, 0.2) is 48.5 Å². The minimum atomic E-state index is 0.0974. The van der Waals surface area contributed by atoms with E-state index in [1.54, 1.807) is 7.11 Å². The molecule has 5 heteroatoms. The normalized spacial score (nSPS) is 15.6. The monoisotopic (exact) mass is 377 g/mol. The third kappa shape index (κ3) is 4.04. The molecule has 0 bridgehead atoms. The van der Waals surface area contributed by atoms with Crippen LogP contribution in [0.25, 0.3) is 10.9 Å². The van der Waals surface area contributed by atoms with Crippen molar-refractivity contribution in [3.63, 3.8) is 0 Å². The number of nitrogens with one attached hydrogen (secondary N) is 1. The van der Waals surface area contributed by atoms with E-state index in [2.05, 4.69) is 47.1 Å². The first-order chi connectivity index (χ1) is 13.6. The molecule has 1 aliphatic heterocycles. The van der Waals surface area contributed by atoms with Crippen molar-refractivity contribution in [2.24, 2.45) is 0 Å². The number of aryl methyl sites for hydroxylation is 1. The molecule has 28 heavy (non-hydrogen) atoms. The zero-order valence-electron chi connectivity index (χ0n) is 16.6. The van der Waals surface area contributed by atoms with Gasteiger partial charge in [0.1, 0.15) is 11.4 Å². The molecule has 1 aromatic heterocycles. The maximum atomic E-state index is 13.0. The molecule has 2 heterocycles. The molecule has 1 N–H and O–H groups in total. The van der Waals surface area contributed by atoms with Crippen LogP contribution in [0.2, 0.25) is 0 Å². The third-order valence-electron chi connectivity index (χ3n) is 5.45. The van der Waals surface area contributed by atoms with Crippen LogP contribution >= 0.6 is 0 Å². The minimum absolute atomic E-state index is 0.0974. The maximum Gasteiger partial charge on any atom is 0.270 e. The van der Waals surface area contributed by atoms with Crippen LogP contribution < -0.4 is 4.74 Å². The number of fused-ring (bicyclic) bond motifs is 1. The second-order valence-electron chi connectivity index (χ2n) is 7.54. The van der Waals surface area contributed by atoms with E-state index in [0.29, 0.717) is 5.69 Å². The van der Waals surface area contributed by atoms with Crippen molar-refractivity contribution < 1.29 is 9.53 Å². The molecular weight excluding hydrogens is 350 g/mol. The predicted molar refractivity (Wildman–Crippen MR) is 112 cm³/mol. The Morgan fingerprint density at radius 2 is 1.86 bits per heavy atom. The number of hydrogen-bond donors (Lipinski definition) is 1. The average Bonchev–Trinajstić information content (AvgIpc) is 2.99. The number of aromatic nitrogens is 1. The largest absolute Gasteiger partial charge is 0.497 e. The molecule has 2 aromatic carbocycles. The Hall–Kier alpha value is -2.79. The summed E-state index contributed by atoms with van der Waals surface area (Å²) in [5.41, 5.74) is 4.17. The van der Waals surface area contributed by atoms with Gasteiger partial charge in [-0.25, -0.2) is 0 Å². The Bertz CT molecular complexity index is 962. The van der Waals surface area contributed by atoms with E-state index < -0.39 is 0 Å². The fraction of sp³-hybridized carbons (Fsp3) is 0.348. The number of methoxy groups -OCH3 is 1. The van der Waals surface area contributed by atoms with E-state index in [0.717, 1.165) is 55.8 Å². The van der Waals surface area contributed by atoms with Gasteiger partial charge in [0.15, 0.2) is 0 Å². The van der Waals surface area contributed by atoms with Crippen LogP contribution in [-0.4, -0.2) is 54.0 Å². The Morgan fingerprint density at radius 3 is 2.64 bits per heavy atom. The summed E-state index contributed by atoms with van der Waals surface area (Å²) in [4.78, 5) is 20.7. The molecule has 1 saturated heterocycles. The topological polar surface area (TPSA) is 48.6 Å². The van der Waals surface area contributed by atoms with Crippen LogP contribution in [0.5, 0.6) is 5.75 Å². The number of ether oxygens (including phenoxy) is 1. The lowest BCUT2D eigenvalue weighted by atomic mass is 10.2. The molecule has 0 saturated carbocycles. The quantitative estimate of drug-likeness (QED) is 0.752. The molecule has 1 amide bonds. The molecule has 4 rings (SSSR count). The van der Waals surface area contributed by atoms with Crippen LogP contribution in [-0.2, 0) is 6.54 Å². The van der Waals surface area contributed by atoms with Gasteiger partial charge >= 0.3 is 0 Å². The second-order valence-corrected chi connectivity index (χ2v) is 7.54. The summed E-state index contributed by atoms with van der Waals surface area (Å²) in [5.74, 6) is 0.977. The molecule has 1 aliphatic rings. The molecule has 0 atom stereocenters. The maximum absolute atomic E-state index is 13.0. The van der Waals surface area contributed by atoms with Crippen LogP contribution in [0.3, 0.4) is 0 Å². The van der Waals surface area contributed by atoms with Gasteiger partial charge in [0.2, 0.25) is 0 Å². The summed E-state index contributed by atoms with van der Waals surface area (Å²) in [5, 5.41) is 1.09. The number of amides is 1. The lowest BCUT2D eigenvalue weighted by molar-refractivity contribution is 0.0756. The Morgan fingerprint density at radius 1 is 1.04 bits per heavy atom. The minimum Gasteiger partial charge on any atom is -0.497 e. The Kier molecular flexibility index (Phi) is 5.35. The summed E-state index contributed by atoms with van der Waals surface area (Å²) < 4.78 is 5.23.